The van der Waals surface area contributed by atoms with Gasteiger partial charge in [-0.2, -0.15) is 0 Å². The van der Waals surface area contributed by atoms with Gasteiger partial charge < -0.3 is 4.90 Å². The lowest BCUT2D eigenvalue weighted by Gasteiger charge is -2.23. The van der Waals surface area contributed by atoms with E-state index in [1.807, 2.05) is 23.1 Å². The van der Waals surface area contributed by atoms with Gasteiger partial charge in [-0.3, -0.25) is 9.59 Å². The minimum atomic E-state index is -0.451. The van der Waals surface area contributed by atoms with E-state index in [4.69, 9.17) is 0 Å². The largest absolute Gasteiger partial charge is 0.343 e. The van der Waals surface area contributed by atoms with Crippen molar-refractivity contribution in [2.24, 2.45) is 0 Å². The van der Waals surface area contributed by atoms with Crippen LogP contribution in [0.1, 0.15) is 56.3 Å². The molecule has 1 amide bonds. The van der Waals surface area contributed by atoms with Crippen LogP contribution >= 0.6 is 15.9 Å². The zero-order valence-corrected chi connectivity index (χ0v) is 15.1. The molecule has 1 aromatic carbocycles. The molecule has 0 N–H and O–H groups in total. The number of ketones is 1. The van der Waals surface area contributed by atoms with Crippen molar-refractivity contribution in [3.8, 4) is 0 Å². The summed E-state index contributed by atoms with van der Waals surface area (Å²) in [6.45, 7) is 5.81. The molecule has 0 aliphatic carbocycles. The number of halogens is 1. The highest BCUT2D eigenvalue weighted by Gasteiger charge is 2.23. The van der Waals surface area contributed by atoms with Gasteiger partial charge in [0.25, 0.3) is 0 Å². The molecule has 0 radical (unpaired) electrons. The number of carbonyl (C=O) groups excluding carboxylic acids is 2. The Morgan fingerprint density at radius 1 is 1.05 bits per heavy atom. The highest BCUT2D eigenvalue weighted by Crippen LogP contribution is 2.15. The lowest BCUT2D eigenvalue weighted by atomic mass is 10.1. The van der Waals surface area contributed by atoms with E-state index in [1.165, 1.54) is 0 Å². The van der Waals surface area contributed by atoms with Crippen LogP contribution in [-0.4, -0.2) is 34.5 Å². The molecule has 3 nitrogen and oxygen atoms in total. The first-order valence-electron chi connectivity index (χ1n) is 8.11. The monoisotopic (exact) mass is 367 g/mol. The molecule has 122 valence electrons. The van der Waals surface area contributed by atoms with Crippen molar-refractivity contribution in [2.75, 3.05) is 13.1 Å². The SMILES string of the molecule is CCCCN(CCCC)C(=O)C[C@H](Br)C(=O)c1ccccc1. The van der Waals surface area contributed by atoms with Crippen molar-refractivity contribution < 1.29 is 9.59 Å². The molecule has 0 saturated carbocycles. The van der Waals surface area contributed by atoms with Gasteiger partial charge in [-0.25, -0.2) is 0 Å². The summed E-state index contributed by atoms with van der Waals surface area (Å²) >= 11 is 3.39. The predicted molar refractivity (Wildman–Crippen MR) is 94.5 cm³/mol. The van der Waals surface area contributed by atoms with Crippen molar-refractivity contribution in [3.63, 3.8) is 0 Å². The maximum absolute atomic E-state index is 12.4. The molecule has 0 heterocycles. The minimum Gasteiger partial charge on any atom is -0.343 e. The van der Waals surface area contributed by atoms with E-state index in [0.29, 0.717) is 5.56 Å². The number of alkyl halides is 1. The summed E-state index contributed by atoms with van der Waals surface area (Å²) in [6, 6.07) is 9.12. The lowest BCUT2D eigenvalue weighted by Crippen LogP contribution is -2.35. The molecule has 0 saturated heterocycles. The molecular weight excluding hydrogens is 342 g/mol. The molecule has 0 unspecified atom stereocenters. The van der Waals surface area contributed by atoms with Gasteiger partial charge in [0.15, 0.2) is 5.78 Å². The fraction of sp³-hybridized carbons (Fsp3) is 0.556. The Hall–Kier alpha value is -1.16. The van der Waals surface area contributed by atoms with Crippen LogP contribution in [0.15, 0.2) is 30.3 Å². The molecule has 1 atom stereocenters. The minimum absolute atomic E-state index is 0.0279. The number of hydrogen-bond acceptors (Lipinski definition) is 2. The van der Waals surface area contributed by atoms with Crippen LogP contribution in [0, 0.1) is 0 Å². The van der Waals surface area contributed by atoms with Crippen LogP contribution in [-0.2, 0) is 4.79 Å². The van der Waals surface area contributed by atoms with E-state index in [0.717, 1.165) is 38.8 Å². The Morgan fingerprint density at radius 3 is 2.09 bits per heavy atom. The first-order chi connectivity index (χ1) is 10.6. The van der Waals surface area contributed by atoms with Crippen LogP contribution in [0.3, 0.4) is 0 Å². The Kier molecular flexibility index (Phi) is 9.05. The van der Waals surface area contributed by atoms with Crippen LogP contribution in [0.5, 0.6) is 0 Å². The van der Waals surface area contributed by atoms with Crippen LogP contribution in [0.25, 0.3) is 0 Å². The van der Waals surface area contributed by atoms with Gasteiger partial charge in [-0.05, 0) is 12.8 Å². The summed E-state index contributed by atoms with van der Waals surface area (Å²) in [6.07, 6.45) is 4.37. The van der Waals surface area contributed by atoms with Gasteiger partial charge >= 0.3 is 0 Å². The van der Waals surface area contributed by atoms with Gasteiger partial charge in [0.2, 0.25) is 5.91 Å². The Labute approximate surface area is 142 Å². The third-order valence-electron chi connectivity index (χ3n) is 3.61. The summed E-state index contributed by atoms with van der Waals surface area (Å²) in [5, 5.41) is 0. The first kappa shape index (κ1) is 18.9. The fourth-order valence-electron chi connectivity index (χ4n) is 2.22. The Bertz CT molecular complexity index is 453. The standard InChI is InChI=1S/C18H26BrNO2/c1-3-5-12-20(13-6-4-2)17(21)14-16(19)18(22)15-10-8-7-9-11-15/h7-11,16H,3-6,12-14H2,1-2H3/t16-/m0/s1. The number of carbonyl (C=O) groups is 2. The first-order valence-corrected chi connectivity index (χ1v) is 9.02. The number of nitrogens with zero attached hydrogens (tertiary/aromatic N) is 1. The molecular formula is C18H26BrNO2. The zero-order chi connectivity index (χ0) is 16.4. The normalized spacial score (nSPS) is 12.0. The average Bonchev–Trinajstić information content (AvgIpc) is 2.54. The third kappa shape index (κ3) is 6.30. The second kappa shape index (κ2) is 10.5. The number of hydrogen-bond donors (Lipinski definition) is 0. The summed E-state index contributed by atoms with van der Waals surface area (Å²) in [5.41, 5.74) is 0.644. The Balaban J connectivity index is 2.60. The van der Waals surface area contributed by atoms with Crippen molar-refractivity contribution in [1.82, 2.24) is 4.90 Å². The molecule has 22 heavy (non-hydrogen) atoms. The summed E-state index contributed by atoms with van der Waals surface area (Å²) < 4.78 is 0. The third-order valence-corrected chi connectivity index (χ3v) is 4.35. The number of amides is 1. The number of Topliss-reactive ketones (excluding diaryl/α,β-unsaturated/α-hetero) is 1. The van der Waals surface area contributed by atoms with Crippen LogP contribution in [0.4, 0.5) is 0 Å². The van der Waals surface area contributed by atoms with E-state index in [2.05, 4.69) is 29.8 Å². The lowest BCUT2D eigenvalue weighted by molar-refractivity contribution is -0.131. The maximum atomic E-state index is 12.4. The van der Waals surface area contributed by atoms with Gasteiger partial charge in [0, 0.05) is 25.1 Å². The summed E-state index contributed by atoms with van der Waals surface area (Å²) in [5.74, 6) is 0.0351. The Morgan fingerprint density at radius 2 is 1.59 bits per heavy atom. The van der Waals surface area contributed by atoms with E-state index < -0.39 is 4.83 Å². The van der Waals surface area contributed by atoms with E-state index >= 15 is 0 Å². The molecule has 4 heteroatoms. The second-order valence-corrected chi connectivity index (χ2v) is 6.60. The van der Waals surface area contributed by atoms with E-state index in [-0.39, 0.29) is 18.1 Å². The highest BCUT2D eigenvalue weighted by molar-refractivity contribution is 9.10. The molecule has 0 spiro atoms. The second-order valence-electron chi connectivity index (χ2n) is 5.49. The number of rotatable bonds is 10. The molecule has 0 aromatic heterocycles. The highest BCUT2D eigenvalue weighted by atomic mass is 79.9. The molecule has 0 bridgehead atoms. The summed E-state index contributed by atoms with van der Waals surface area (Å²) in [7, 11) is 0. The van der Waals surface area contributed by atoms with Gasteiger partial charge in [-0.15, -0.1) is 0 Å². The van der Waals surface area contributed by atoms with Crippen LogP contribution < -0.4 is 0 Å². The molecule has 1 rings (SSSR count). The zero-order valence-electron chi connectivity index (χ0n) is 13.6. The topological polar surface area (TPSA) is 37.4 Å². The average molecular weight is 368 g/mol. The van der Waals surface area contributed by atoms with Gasteiger partial charge in [0.1, 0.15) is 0 Å². The summed E-state index contributed by atoms with van der Waals surface area (Å²) in [4.78, 5) is 26.2. The molecule has 0 fully saturated rings. The van der Waals surface area contributed by atoms with E-state index in [1.54, 1.807) is 12.1 Å². The smallest absolute Gasteiger partial charge is 0.224 e. The molecule has 1 aromatic rings. The molecule has 0 aliphatic rings. The van der Waals surface area contributed by atoms with Crippen molar-refractivity contribution in [3.05, 3.63) is 35.9 Å². The fourth-order valence-corrected chi connectivity index (χ4v) is 2.76. The van der Waals surface area contributed by atoms with Crippen molar-refractivity contribution in [1.29, 1.82) is 0 Å². The van der Waals surface area contributed by atoms with Crippen LogP contribution in [0.2, 0.25) is 0 Å². The predicted octanol–water partition coefficient (Wildman–Crippen LogP) is 4.45. The number of benzene rings is 1. The van der Waals surface area contributed by atoms with Gasteiger partial charge in [-0.1, -0.05) is 73.0 Å². The maximum Gasteiger partial charge on any atom is 0.224 e. The van der Waals surface area contributed by atoms with E-state index in [9.17, 15) is 9.59 Å². The van der Waals surface area contributed by atoms with Crippen molar-refractivity contribution in [2.45, 2.75) is 50.8 Å². The molecule has 0 aliphatic heterocycles. The number of unbranched alkanes of at least 4 members (excludes halogenated alkanes) is 2. The quantitative estimate of drug-likeness (QED) is 0.452. The van der Waals surface area contributed by atoms with Gasteiger partial charge in [0.05, 0.1) is 4.83 Å². The van der Waals surface area contributed by atoms with Crippen molar-refractivity contribution >= 4 is 27.6 Å².